The molecule has 1 heterocycles. The Kier molecular flexibility index (Phi) is 6.28. The lowest BCUT2D eigenvalue weighted by Crippen LogP contribution is -2.07. The molecule has 0 saturated heterocycles. The van der Waals surface area contributed by atoms with Crippen molar-refractivity contribution in [3.8, 4) is 0 Å². The second-order valence-corrected chi connectivity index (χ2v) is 6.12. The van der Waals surface area contributed by atoms with Crippen LogP contribution >= 0.6 is 0 Å². The zero-order chi connectivity index (χ0) is 22.2. The maximum absolute atomic E-state index is 11.8. The number of carbonyl (C=O) groups is 3. The zero-order valence-corrected chi connectivity index (χ0v) is 15.9. The lowest BCUT2D eigenvalue weighted by molar-refractivity contribution is 0.0442. The van der Waals surface area contributed by atoms with Gasteiger partial charge in [-0.3, -0.25) is 0 Å². The number of benzene rings is 3. The second-order valence-electron chi connectivity index (χ2n) is 6.12. The van der Waals surface area contributed by atoms with Gasteiger partial charge in [0.25, 0.3) is 0 Å². The molecule has 0 fully saturated rings. The van der Waals surface area contributed by atoms with E-state index >= 15 is 0 Å². The van der Waals surface area contributed by atoms with Gasteiger partial charge in [-0.25, -0.2) is 14.4 Å². The highest BCUT2D eigenvalue weighted by Gasteiger charge is 2.28. The lowest BCUT2D eigenvalue weighted by Gasteiger charge is -2.04. The van der Waals surface area contributed by atoms with E-state index < -0.39 is 24.5 Å². The molecule has 30 heavy (non-hydrogen) atoms. The third-order valence-electron chi connectivity index (χ3n) is 4.07. The van der Waals surface area contributed by atoms with Crippen LogP contribution in [-0.2, 0) is 9.47 Å². The standard InChI is InChI=1S/C16H15NO2.C8H4O3/c17-15-11-5-4-10-14(15)16(18)19-12-6-9-13-7-2-1-3-8-13;9-7-5-3-1-2-4-6(5)8(10)11-7/h1-11H,12,17H2;1-4H/i12D;. The first-order valence-electron chi connectivity index (χ1n) is 9.60. The predicted molar refractivity (Wildman–Crippen MR) is 113 cm³/mol. The highest BCUT2D eigenvalue weighted by atomic mass is 16.6. The highest BCUT2D eigenvalue weighted by molar-refractivity contribution is 6.14. The van der Waals surface area contributed by atoms with Gasteiger partial charge in [0.15, 0.2) is 0 Å². The molecule has 6 nitrogen and oxygen atoms in total. The quantitative estimate of drug-likeness (QED) is 0.400. The van der Waals surface area contributed by atoms with E-state index in [0.717, 1.165) is 5.56 Å². The summed E-state index contributed by atoms with van der Waals surface area (Å²) in [5.74, 6) is -1.70. The Balaban J connectivity index is 0.000000207. The molecule has 0 radical (unpaired) electrons. The Morgan fingerprint density at radius 2 is 1.47 bits per heavy atom. The van der Waals surface area contributed by atoms with Gasteiger partial charge in [-0.15, -0.1) is 0 Å². The van der Waals surface area contributed by atoms with Crippen LogP contribution in [0.4, 0.5) is 5.69 Å². The molecular formula is C24H19NO5. The summed E-state index contributed by atoms with van der Waals surface area (Å²) in [6, 6.07) is 22.7. The zero-order valence-electron chi connectivity index (χ0n) is 16.9. The molecule has 1 atom stereocenters. The molecule has 150 valence electrons. The van der Waals surface area contributed by atoms with Crippen molar-refractivity contribution in [1.82, 2.24) is 0 Å². The van der Waals surface area contributed by atoms with Gasteiger partial charge in [-0.1, -0.05) is 60.7 Å². The Hall–Kier alpha value is -4.19. The summed E-state index contributed by atoms with van der Waals surface area (Å²) in [5, 5.41) is 0. The van der Waals surface area contributed by atoms with E-state index in [4.69, 9.17) is 11.8 Å². The van der Waals surface area contributed by atoms with E-state index in [0.29, 0.717) is 16.8 Å². The summed E-state index contributed by atoms with van der Waals surface area (Å²) in [6.07, 6.45) is 3.24. The van der Waals surface area contributed by atoms with E-state index in [9.17, 15) is 14.4 Å². The highest BCUT2D eigenvalue weighted by Crippen LogP contribution is 2.18. The average Bonchev–Trinajstić information content (AvgIpc) is 3.07. The van der Waals surface area contributed by atoms with Gasteiger partial charge >= 0.3 is 17.9 Å². The van der Waals surface area contributed by atoms with Crippen molar-refractivity contribution in [2.45, 2.75) is 0 Å². The van der Waals surface area contributed by atoms with Crippen LogP contribution in [0.1, 0.15) is 38.0 Å². The van der Waals surface area contributed by atoms with Crippen molar-refractivity contribution in [2.75, 3.05) is 12.3 Å². The van der Waals surface area contributed by atoms with Crippen LogP contribution in [0, 0.1) is 0 Å². The van der Waals surface area contributed by atoms with E-state index in [1.54, 1.807) is 54.6 Å². The van der Waals surface area contributed by atoms with E-state index in [1.165, 1.54) is 6.08 Å². The van der Waals surface area contributed by atoms with Crippen LogP contribution in [-0.4, -0.2) is 24.5 Å². The molecule has 3 aromatic rings. The number of carbonyl (C=O) groups excluding carboxylic acids is 3. The number of ether oxygens (including phenoxy) is 2. The minimum atomic E-state index is -1.07. The van der Waals surface area contributed by atoms with Crippen LogP contribution in [0.2, 0.25) is 0 Å². The van der Waals surface area contributed by atoms with E-state index in [2.05, 4.69) is 4.74 Å². The summed E-state index contributed by atoms with van der Waals surface area (Å²) in [4.78, 5) is 33.5. The molecule has 1 aliphatic rings. The maximum Gasteiger partial charge on any atom is 0.346 e. The molecule has 0 bridgehead atoms. The fourth-order valence-corrected chi connectivity index (χ4v) is 2.60. The average molecular weight is 402 g/mol. The molecule has 3 aromatic carbocycles. The van der Waals surface area contributed by atoms with E-state index in [1.807, 2.05) is 30.3 Å². The topological polar surface area (TPSA) is 95.7 Å². The number of anilines is 1. The smallest absolute Gasteiger partial charge is 0.346 e. The Labute approximate surface area is 175 Å². The molecule has 0 aliphatic carbocycles. The number of nitrogen functional groups attached to an aromatic ring is 1. The maximum atomic E-state index is 11.8. The summed E-state index contributed by atoms with van der Waals surface area (Å²) >= 11 is 0. The van der Waals surface area contributed by atoms with Gasteiger partial charge in [0.1, 0.15) is 6.58 Å². The van der Waals surface area contributed by atoms with Crippen molar-refractivity contribution in [3.63, 3.8) is 0 Å². The van der Waals surface area contributed by atoms with Gasteiger partial charge in [0.05, 0.1) is 18.1 Å². The summed E-state index contributed by atoms with van der Waals surface area (Å²) in [5.41, 5.74) is 7.96. The molecular weight excluding hydrogens is 382 g/mol. The number of para-hydroxylation sites is 1. The minimum absolute atomic E-state index is 0.276. The Bertz CT molecular complexity index is 1090. The molecule has 1 unspecified atom stereocenters. The van der Waals surface area contributed by atoms with Gasteiger partial charge in [-0.2, -0.15) is 0 Å². The Morgan fingerprint density at radius 3 is 2.10 bits per heavy atom. The van der Waals surface area contributed by atoms with Crippen molar-refractivity contribution >= 4 is 29.7 Å². The summed E-state index contributed by atoms with van der Waals surface area (Å²) in [6.45, 7) is -1.07. The van der Waals surface area contributed by atoms with Crippen molar-refractivity contribution in [1.29, 1.82) is 0 Å². The largest absolute Gasteiger partial charge is 0.458 e. The van der Waals surface area contributed by atoms with Gasteiger partial charge in [-0.05, 0) is 35.9 Å². The van der Waals surface area contributed by atoms with Crippen LogP contribution in [0.5, 0.6) is 0 Å². The fourth-order valence-electron chi connectivity index (χ4n) is 2.60. The number of rotatable bonds is 4. The third-order valence-corrected chi connectivity index (χ3v) is 4.07. The first kappa shape index (κ1) is 19.1. The van der Waals surface area contributed by atoms with E-state index in [-0.39, 0.29) is 5.56 Å². The predicted octanol–water partition coefficient (Wildman–Crippen LogP) is 4.14. The molecule has 0 amide bonds. The number of hydrogen-bond acceptors (Lipinski definition) is 6. The molecule has 0 saturated carbocycles. The monoisotopic (exact) mass is 402 g/mol. The fraction of sp³-hybridized carbons (Fsp3) is 0.0417. The number of cyclic esters (lactones) is 2. The molecule has 4 rings (SSSR count). The van der Waals surface area contributed by atoms with Crippen LogP contribution in [0.15, 0.2) is 84.9 Å². The lowest BCUT2D eigenvalue weighted by atomic mass is 10.1. The SMILES string of the molecule is O=C1OC(=O)c2ccccc21.[2H]C(C=Cc1ccccc1)OC(=O)c1ccccc1N. The summed E-state index contributed by atoms with van der Waals surface area (Å²) in [7, 11) is 0. The molecule has 6 heteroatoms. The second kappa shape index (κ2) is 9.84. The number of hydrogen-bond donors (Lipinski definition) is 1. The van der Waals surface area contributed by atoms with Crippen LogP contribution in [0.3, 0.4) is 0 Å². The summed E-state index contributed by atoms with van der Waals surface area (Å²) < 4.78 is 17.1. The minimum Gasteiger partial charge on any atom is -0.458 e. The van der Waals surface area contributed by atoms with Crippen LogP contribution in [0.25, 0.3) is 6.08 Å². The third kappa shape index (κ3) is 5.20. The van der Waals surface area contributed by atoms with Gasteiger partial charge in [0.2, 0.25) is 0 Å². The first-order chi connectivity index (χ1) is 15.0. The van der Waals surface area contributed by atoms with Crippen molar-refractivity contribution in [3.05, 3.63) is 107 Å². The molecule has 1 aliphatic heterocycles. The van der Waals surface area contributed by atoms with Crippen molar-refractivity contribution in [2.24, 2.45) is 0 Å². The number of fused-ring (bicyclic) bond motifs is 1. The van der Waals surface area contributed by atoms with Gasteiger partial charge < -0.3 is 15.2 Å². The number of esters is 3. The van der Waals surface area contributed by atoms with Gasteiger partial charge in [0, 0.05) is 5.69 Å². The Morgan fingerprint density at radius 1 is 0.900 bits per heavy atom. The normalized spacial score (nSPS) is 13.5. The van der Waals surface area contributed by atoms with Crippen molar-refractivity contribution < 1.29 is 25.2 Å². The molecule has 0 aromatic heterocycles. The first-order valence-corrected chi connectivity index (χ1v) is 9.02. The van der Waals surface area contributed by atoms with Crippen LogP contribution < -0.4 is 5.73 Å². The molecule has 0 spiro atoms. The molecule has 2 N–H and O–H groups in total. The number of nitrogens with two attached hydrogens (primary N) is 1.